The van der Waals surface area contributed by atoms with Crippen molar-refractivity contribution in [3.8, 4) is 11.3 Å². The van der Waals surface area contributed by atoms with E-state index >= 15 is 0 Å². The molecule has 0 aliphatic carbocycles. The van der Waals surface area contributed by atoms with Gasteiger partial charge < -0.3 is 4.74 Å². The number of ether oxygens (including phenoxy) is 1. The first-order chi connectivity index (χ1) is 9.69. The number of hydrogen-bond donors (Lipinski definition) is 2. The van der Waals surface area contributed by atoms with Crippen molar-refractivity contribution in [1.29, 1.82) is 0 Å². The molecule has 1 aromatic heterocycles. The van der Waals surface area contributed by atoms with E-state index in [1.54, 1.807) is 30.3 Å². The fraction of sp³-hybridized carbons (Fsp3) is 0.154. The van der Waals surface area contributed by atoms with E-state index in [2.05, 4.69) is 31.4 Å². The average Bonchev–Trinajstić information content (AvgIpc) is 2.47. The quantitative estimate of drug-likeness (QED) is 0.839. The number of nitrogens with one attached hydrogen (secondary N) is 2. The van der Waals surface area contributed by atoms with Gasteiger partial charge in [0.15, 0.2) is 0 Å². The summed E-state index contributed by atoms with van der Waals surface area (Å²) in [6.45, 7) is 0.311. The highest BCUT2D eigenvalue weighted by Gasteiger charge is 2.04. The zero-order valence-corrected chi connectivity index (χ0v) is 12.0. The van der Waals surface area contributed by atoms with E-state index in [-0.39, 0.29) is 5.56 Å². The maximum absolute atomic E-state index is 11.4. The monoisotopic (exact) mass is 337 g/mol. The van der Waals surface area contributed by atoms with Gasteiger partial charge in [0, 0.05) is 22.6 Å². The Morgan fingerprint density at radius 1 is 1.25 bits per heavy atom. The maximum Gasteiger partial charge on any atom is 0.411 e. The molecule has 2 N–H and O–H groups in total. The molecule has 0 unspecified atom stereocenters. The van der Waals surface area contributed by atoms with E-state index in [1.807, 2.05) is 0 Å². The van der Waals surface area contributed by atoms with Gasteiger partial charge >= 0.3 is 6.09 Å². The number of nitrogens with zero attached hydrogens (tertiary/aromatic N) is 1. The molecule has 7 heteroatoms. The summed E-state index contributed by atoms with van der Waals surface area (Å²) in [7, 11) is 0. The van der Waals surface area contributed by atoms with Crippen LogP contribution < -0.4 is 10.9 Å². The second kappa shape index (κ2) is 6.85. The summed E-state index contributed by atoms with van der Waals surface area (Å²) in [6, 6.07) is 10.1. The van der Waals surface area contributed by atoms with Crippen LogP contribution in [-0.4, -0.2) is 28.2 Å². The number of amides is 1. The van der Waals surface area contributed by atoms with E-state index in [0.717, 1.165) is 5.56 Å². The first kappa shape index (κ1) is 14.3. The molecular weight excluding hydrogens is 326 g/mol. The molecule has 2 rings (SSSR count). The Hall–Kier alpha value is -2.15. The molecule has 0 fully saturated rings. The topological polar surface area (TPSA) is 84.1 Å². The second-order valence-corrected chi connectivity index (χ2v) is 4.63. The first-order valence-electron chi connectivity index (χ1n) is 5.85. The molecule has 0 saturated heterocycles. The van der Waals surface area contributed by atoms with Crippen molar-refractivity contribution in [2.75, 3.05) is 17.3 Å². The van der Waals surface area contributed by atoms with Gasteiger partial charge in [0.2, 0.25) is 0 Å². The Balaban J connectivity index is 2.04. The molecule has 104 valence electrons. The number of carbonyl (C=O) groups is 1. The van der Waals surface area contributed by atoms with Crippen molar-refractivity contribution in [1.82, 2.24) is 10.2 Å². The van der Waals surface area contributed by atoms with Crippen LogP contribution in [-0.2, 0) is 4.74 Å². The van der Waals surface area contributed by atoms with Gasteiger partial charge in [-0.1, -0.05) is 28.1 Å². The van der Waals surface area contributed by atoms with Crippen molar-refractivity contribution < 1.29 is 9.53 Å². The molecular formula is C13H12BrN3O3. The van der Waals surface area contributed by atoms with Gasteiger partial charge in [-0.15, -0.1) is 0 Å². The number of alkyl halides is 1. The molecule has 0 saturated carbocycles. The molecule has 1 aromatic carbocycles. The fourth-order valence-corrected chi connectivity index (χ4v) is 1.68. The minimum Gasteiger partial charge on any atom is -0.448 e. The summed E-state index contributed by atoms with van der Waals surface area (Å²) in [5.41, 5.74) is 1.86. The summed E-state index contributed by atoms with van der Waals surface area (Å²) in [6.07, 6.45) is -0.501. The van der Waals surface area contributed by atoms with Crippen molar-refractivity contribution >= 4 is 27.7 Å². The standard InChI is InChI=1S/C13H12BrN3O3/c14-7-8-20-13(19)15-10-3-1-9(2-4-10)11-5-6-12(18)17-16-11/h1-6H,7-8H2,(H,15,19)(H,17,18). The van der Waals surface area contributed by atoms with E-state index in [9.17, 15) is 9.59 Å². The van der Waals surface area contributed by atoms with Crippen LogP contribution in [0, 0.1) is 0 Å². The Kier molecular flexibility index (Phi) is 4.89. The SMILES string of the molecule is O=C(Nc1ccc(-c2ccc(=O)[nH]n2)cc1)OCCBr. The molecule has 1 amide bonds. The first-order valence-corrected chi connectivity index (χ1v) is 6.97. The predicted molar refractivity (Wildman–Crippen MR) is 79.1 cm³/mol. The molecule has 0 spiro atoms. The van der Waals surface area contributed by atoms with Crippen molar-refractivity contribution in [2.24, 2.45) is 0 Å². The smallest absolute Gasteiger partial charge is 0.411 e. The Bertz CT molecular complexity index is 620. The summed E-state index contributed by atoms with van der Waals surface area (Å²) in [5, 5.41) is 9.49. The van der Waals surface area contributed by atoms with Gasteiger partial charge in [0.05, 0.1) is 5.69 Å². The van der Waals surface area contributed by atoms with Crippen LogP contribution in [0.2, 0.25) is 0 Å². The molecule has 0 aliphatic rings. The second-order valence-electron chi connectivity index (χ2n) is 3.83. The molecule has 1 heterocycles. The number of benzene rings is 1. The molecule has 6 nitrogen and oxygen atoms in total. The third-order valence-electron chi connectivity index (χ3n) is 2.42. The van der Waals surface area contributed by atoms with Crippen LogP contribution in [0.4, 0.5) is 10.5 Å². The average molecular weight is 338 g/mol. The highest BCUT2D eigenvalue weighted by molar-refractivity contribution is 9.09. The highest BCUT2D eigenvalue weighted by Crippen LogP contribution is 2.18. The largest absolute Gasteiger partial charge is 0.448 e. The summed E-state index contributed by atoms with van der Waals surface area (Å²) >= 11 is 3.17. The van der Waals surface area contributed by atoms with Crippen LogP contribution in [0.25, 0.3) is 11.3 Å². The van der Waals surface area contributed by atoms with Crippen molar-refractivity contribution in [2.45, 2.75) is 0 Å². The van der Waals surface area contributed by atoms with Crippen LogP contribution in [0.15, 0.2) is 41.2 Å². The molecule has 2 aromatic rings. The molecule has 0 aliphatic heterocycles. The lowest BCUT2D eigenvalue weighted by atomic mass is 10.1. The van der Waals surface area contributed by atoms with Gasteiger partial charge in [0.25, 0.3) is 5.56 Å². The number of halogens is 1. The lowest BCUT2D eigenvalue weighted by Crippen LogP contribution is -2.14. The van der Waals surface area contributed by atoms with Crippen molar-refractivity contribution in [3.05, 3.63) is 46.8 Å². The lowest BCUT2D eigenvalue weighted by Gasteiger charge is -2.06. The van der Waals surface area contributed by atoms with Crippen LogP contribution in [0.1, 0.15) is 0 Å². The van der Waals surface area contributed by atoms with E-state index in [0.29, 0.717) is 23.3 Å². The summed E-state index contributed by atoms with van der Waals surface area (Å²) < 4.78 is 4.87. The lowest BCUT2D eigenvalue weighted by molar-refractivity contribution is 0.169. The third-order valence-corrected chi connectivity index (χ3v) is 2.74. The number of aromatic nitrogens is 2. The summed E-state index contributed by atoms with van der Waals surface area (Å²) in [4.78, 5) is 22.3. The molecule has 0 atom stereocenters. The number of anilines is 1. The molecule has 20 heavy (non-hydrogen) atoms. The van der Waals surface area contributed by atoms with Gasteiger partial charge in [-0.05, 0) is 18.2 Å². The number of aromatic amines is 1. The maximum atomic E-state index is 11.4. The van der Waals surface area contributed by atoms with Crippen molar-refractivity contribution in [3.63, 3.8) is 0 Å². The Labute approximate surface area is 123 Å². The van der Waals surface area contributed by atoms with Crippen LogP contribution in [0.5, 0.6) is 0 Å². The number of rotatable bonds is 4. The minimum atomic E-state index is -0.501. The van der Waals surface area contributed by atoms with Crippen LogP contribution >= 0.6 is 15.9 Å². The molecule has 0 radical (unpaired) electrons. The number of carbonyl (C=O) groups excluding carboxylic acids is 1. The predicted octanol–water partition coefficient (Wildman–Crippen LogP) is 2.38. The fourth-order valence-electron chi connectivity index (χ4n) is 1.51. The number of hydrogen-bond acceptors (Lipinski definition) is 4. The zero-order valence-electron chi connectivity index (χ0n) is 10.4. The zero-order chi connectivity index (χ0) is 14.4. The van der Waals surface area contributed by atoms with Gasteiger partial charge in [-0.3, -0.25) is 10.1 Å². The summed E-state index contributed by atoms with van der Waals surface area (Å²) in [5.74, 6) is 0. The minimum absolute atomic E-state index is 0.249. The molecule has 0 bridgehead atoms. The van der Waals surface area contributed by atoms with Gasteiger partial charge in [-0.2, -0.15) is 5.10 Å². The van der Waals surface area contributed by atoms with E-state index in [1.165, 1.54) is 6.07 Å². The van der Waals surface area contributed by atoms with Crippen LogP contribution in [0.3, 0.4) is 0 Å². The van der Waals surface area contributed by atoms with E-state index < -0.39 is 6.09 Å². The highest BCUT2D eigenvalue weighted by atomic mass is 79.9. The Morgan fingerprint density at radius 2 is 2.00 bits per heavy atom. The number of H-pyrrole nitrogens is 1. The normalized spacial score (nSPS) is 10.1. The van der Waals surface area contributed by atoms with Gasteiger partial charge in [-0.25, -0.2) is 9.89 Å². The van der Waals surface area contributed by atoms with E-state index in [4.69, 9.17) is 4.74 Å². The third kappa shape index (κ3) is 3.92. The Morgan fingerprint density at radius 3 is 2.60 bits per heavy atom. The van der Waals surface area contributed by atoms with Gasteiger partial charge in [0.1, 0.15) is 6.61 Å².